The zero-order valence-corrected chi connectivity index (χ0v) is 82.9. The molecule has 0 saturated carbocycles. The number of hydrogen-bond acceptors (Lipinski definition) is 24. The Kier molecular flexibility index (Phi) is 54.0. The van der Waals surface area contributed by atoms with Crippen LogP contribution in [0.5, 0.6) is 0 Å². The average molecular weight is 1900 g/mol. The number of aliphatic carboxylic acids is 3. The van der Waals surface area contributed by atoms with Gasteiger partial charge in [-0.25, -0.2) is 4.79 Å². The lowest BCUT2D eigenvalue weighted by atomic mass is 9.95. The lowest BCUT2D eigenvalue weighted by Gasteiger charge is -2.23. The van der Waals surface area contributed by atoms with E-state index in [0.717, 1.165) is 77.3 Å². The number of Topliss-reactive ketones (excluding diaryl/α,β-unsaturated/α-hetero) is 1. The van der Waals surface area contributed by atoms with Crippen molar-refractivity contribution in [2.75, 3.05) is 121 Å². The molecule has 5 aromatic carbocycles. The van der Waals surface area contributed by atoms with Crippen molar-refractivity contribution in [2.24, 2.45) is 27.1 Å². The fourth-order valence-electron chi connectivity index (χ4n) is 11.4. The molecule has 5 rings (SSSR count). The maximum atomic E-state index is 13.2. The number of hydrogen-bond donors (Lipinski definition) is 8. The summed E-state index contributed by atoms with van der Waals surface area (Å²) in [6, 6.07) is 33.9. The number of carboxylic acid groups (broad SMARTS) is 3. The van der Waals surface area contributed by atoms with E-state index in [-0.39, 0.29) is 129 Å². The Labute approximate surface area is 797 Å². The van der Waals surface area contributed by atoms with Gasteiger partial charge in [0.05, 0.1) is 27.9 Å². The molecular formula is C99H142N10O27. The molecule has 0 aliphatic rings. The lowest BCUT2D eigenvalue weighted by Crippen LogP contribution is -2.40. The predicted octanol–water partition coefficient (Wildman–Crippen LogP) is 9.51. The van der Waals surface area contributed by atoms with Crippen molar-refractivity contribution < 1.29 is 130 Å². The van der Waals surface area contributed by atoms with Gasteiger partial charge >= 0.3 is 41.8 Å². The minimum absolute atomic E-state index is 0.0109. The first kappa shape index (κ1) is 121. The molecule has 8 N–H and O–H groups in total. The molecule has 0 aliphatic carbocycles. The Morgan fingerprint density at radius 1 is 0.294 bits per heavy atom. The van der Waals surface area contributed by atoms with Gasteiger partial charge in [-0.3, -0.25) is 81.5 Å². The van der Waals surface area contributed by atoms with Crippen molar-refractivity contribution in [1.29, 1.82) is 0 Å². The minimum atomic E-state index is -1.30. The van der Waals surface area contributed by atoms with Crippen molar-refractivity contribution in [3.63, 3.8) is 0 Å². The van der Waals surface area contributed by atoms with Crippen molar-refractivity contribution in [1.82, 2.24) is 51.1 Å². The number of rotatable bonds is 44. The van der Waals surface area contributed by atoms with E-state index < -0.39 is 113 Å². The van der Waals surface area contributed by atoms with E-state index in [2.05, 4.69) is 54.6 Å². The maximum absolute atomic E-state index is 13.2. The molecule has 0 heterocycles. The van der Waals surface area contributed by atoms with E-state index in [1.165, 1.54) is 46.6 Å². The Bertz CT molecular complexity index is 4750. The molecule has 0 aliphatic heterocycles. The maximum Gasteiger partial charge on any atom is 0.332 e. The highest BCUT2D eigenvalue weighted by Crippen LogP contribution is 2.22. The summed E-state index contributed by atoms with van der Waals surface area (Å²) < 4.78 is 28.3. The normalized spacial score (nSPS) is 10.9. The SMILES string of the molecule is CC(C)(C)C(=O)NCc1cccc(C(=O)N(CC(=O)O)CC(=O)O)c1.CCCCN(CCCC)C(=O)c1cccc(CNC(=O)C(C)(C)C)c1.COC(=O)CN(CC(=O)O)C(=O)c1cccc(CNC(=O)C(C)(C)C)c1.COC(=O)CN(CC(=O)OC)C(=O)c1cccc(CNC(=O)C(C)(C)C)c1.COCC(=O)CCCN(CCOC(=O)COC)C(=O)c1cccc(CNC(=O)C(C)(C)C)c1. The molecular weight excluding hydrogens is 1760 g/mol. The summed E-state index contributed by atoms with van der Waals surface area (Å²) in [4.78, 5) is 220. The smallest absolute Gasteiger partial charge is 0.332 e. The zero-order valence-electron chi connectivity index (χ0n) is 82.9. The van der Waals surface area contributed by atoms with Crippen molar-refractivity contribution in [2.45, 2.75) is 189 Å². The first-order valence-corrected chi connectivity index (χ1v) is 44.3. The second-order valence-corrected chi connectivity index (χ2v) is 36.6. The van der Waals surface area contributed by atoms with Crippen LogP contribution in [0, 0.1) is 27.1 Å². The van der Waals surface area contributed by atoms with Gasteiger partial charge in [0.15, 0.2) is 5.78 Å². The molecule has 5 aromatic rings. The highest BCUT2D eigenvalue weighted by molar-refractivity contribution is 6.00. The number of ketones is 1. The molecule has 37 nitrogen and oxygen atoms in total. The first-order valence-electron chi connectivity index (χ1n) is 44.3. The molecule has 0 bridgehead atoms. The Morgan fingerprint density at radius 2 is 0.522 bits per heavy atom. The average Bonchev–Trinajstić information content (AvgIpc) is 0.858. The number of ether oxygens (including phenoxy) is 6. The van der Waals surface area contributed by atoms with E-state index in [4.69, 9.17) is 29.5 Å². The number of methoxy groups -OCH3 is 5. The Morgan fingerprint density at radius 3 is 0.750 bits per heavy atom. The molecule has 37 heteroatoms. The fourth-order valence-corrected chi connectivity index (χ4v) is 11.4. The summed E-state index contributed by atoms with van der Waals surface area (Å²) >= 11 is 0. The third-order valence-corrected chi connectivity index (χ3v) is 19.2. The number of carboxylic acids is 3. The van der Waals surface area contributed by atoms with Crippen molar-refractivity contribution in [3.8, 4) is 0 Å². The molecule has 0 aromatic heterocycles. The molecule has 10 amide bonds. The highest BCUT2D eigenvalue weighted by Gasteiger charge is 2.30. The summed E-state index contributed by atoms with van der Waals surface area (Å²) in [5.74, 6) is -8.89. The third-order valence-electron chi connectivity index (χ3n) is 19.2. The molecule has 750 valence electrons. The predicted molar refractivity (Wildman–Crippen MR) is 506 cm³/mol. The molecule has 0 radical (unpaired) electrons. The van der Waals surface area contributed by atoms with Gasteiger partial charge in [-0.2, -0.15) is 0 Å². The van der Waals surface area contributed by atoms with E-state index in [1.54, 1.807) is 140 Å². The van der Waals surface area contributed by atoms with E-state index >= 15 is 0 Å². The van der Waals surface area contributed by atoms with Crippen LogP contribution in [0.3, 0.4) is 0 Å². The molecule has 0 fully saturated rings. The number of nitrogens with zero attached hydrogens (tertiary/aromatic N) is 5. The summed E-state index contributed by atoms with van der Waals surface area (Å²) in [5, 5.41) is 40.8. The number of carbonyl (C=O) groups excluding carboxylic acids is 15. The van der Waals surface area contributed by atoms with Crippen LogP contribution in [-0.4, -0.2) is 267 Å². The van der Waals surface area contributed by atoms with Gasteiger partial charge in [-0.1, -0.05) is 191 Å². The number of esters is 4. The third kappa shape index (κ3) is 49.1. The lowest BCUT2D eigenvalue weighted by molar-refractivity contribution is -0.148. The minimum Gasteiger partial charge on any atom is -0.480 e. The van der Waals surface area contributed by atoms with Crippen molar-refractivity contribution >= 4 is 107 Å². The second-order valence-electron chi connectivity index (χ2n) is 36.6. The molecule has 0 saturated heterocycles. The largest absolute Gasteiger partial charge is 0.480 e. The van der Waals surface area contributed by atoms with E-state index in [0.29, 0.717) is 48.3 Å². The standard InChI is InChI=1S/C24H36N2O7.C21H34N2O2.C19H26N2O6.C18H24N2O6.C17H22N2O6/c1-24(2,3)23(30)25-15-18-8-6-9-19(14-18)22(29)26(11-7-10-20(27)16-31-4)12-13-33-21(28)17-32-5;1-6-8-13-23(14-9-7-2)19(24)18-12-10-11-17(15-18)16-22-20(25)21(3,4)5;1-19(2,3)18(25)20-10-13-7-6-8-14(9-13)17(24)21(11-15(22)26-4)12-16(23)27-5;1-18(2,3)17(25)19-9-12-6-5-7-13(8-12)16(24)20(10-14(21)22)11-15(23)26-4;1-17(2,3)16(25)18-8-11-5-4-6-12(7-11)15(24)19(9-13(20)21)10-14(22)23/h6,8-9,14H,7,10-13,15-17H2,1-5H3,(H,25,30);10-12,15H,6-9,13-14,16H2,1-5H3,(H,22,25);6-9H,10-12H2,1-5H3,(H,20,25);5-8H,9-11H2,1-4H3,(H,19,25)(H,21,22);4-7H,8-10H2,1-3H3,(H,18,25)(H,20,21)(H,22,23). The van der Waals surface area contributed by atoms with Gasteiger partial charge in [-0.15, -0.1) is 0 Å². The van der Waals surface area contributed by atoms with Crippen LogP contribution in [0.25, 0.3) is 0 Å². The topological polar surface area (TPSA) is 500 Å². The fraction of sp³-hybridized carbons (Fsp3) is 0.515. The number of unbranched alkanes of at least 4 members (excludes halogenated alkanes) is 2. The summed E-state index contributed by atoms with van der Waals surface area (Å²) in [7, 11) is 6.40. The van der Waals surface area contributed by atoms with Gasteiger partial charge in [-0.05, 0) is 108 Å². The van der Waals surface area contributed by atoms with Gasteiger partial charge in [0.2, 0.25) is 29.5 Å². The van der Waals surface area contributed by atoms with Gasteiger partial charge in [0.1, 0.15) is 59.1 Å². The highest BCUT2D eigenvalue weighted by atomic mass is 16.6. The Hall–Kier alpha value is -13.3. The first-order chi connectivity index (χ1) is 63.5. The number of nitrogens with one attached hydrogen (secondary N) is 5. The molecule has 0 spiro atoms. The van der Waals surface area contributed by atoms with E-state index in [1.807, 2.05) is 76.8 Å². The monoisotopic (exact) mass is 1900 g/mol. The van der Waals surface area contributed by atoms with Crippen molar-refractivity contribution in [3.05, 3.63) is 177 Å². The summed E-state index contributed by atoms with van der Waals surface area (Å²) in [6.45, 7) is 31.7. The number of carbonyl (C=O) groups is 18. The zero-order chi connectivity index (χ0) is 103. The number of benzene rings is 5. The van der Waals surface area contributed by atoms with Crippen LogP contribution >= 0.6 is 0 Å². The molecule has 0 atom stereocenters. The summed E-state index contributed by atoms with van der Waals surface area (Å²) in [5.41, 5.74) is 3.08. The van der Waals surface area contributed by atoms with E-state index in [9.17, 15) is 86.3 Å². The summed E-state index contributed by atoms with van der Waals surface area (Å²) in [6.07, 6.45) is 4.94. The van der Waals surface area contributed by atoms with Gasteiger partial charge in [0, 0.05) is 128 Å². The molecule has 0 unspecified atom stereocenters. The molecule has 136 heavy (non-hydrogen) atoms. The number of amides is 10. The van der Waals surface area contributed by atoms with Crippen LogP contribution in [0.2, 0.25) is 0 Å². The quantitative estimate of drug-likeness (QED) is 0.0133. The van der Waals surface area contributed by atoms with Gasteiger partial charge in [0.25, 0.3) is 29.5 Å². The second kappa shape index (κ2) is 60.8. The van der Waals surface area contributed by atoms with Crippen LogP contribution in [0.4, 0.5) is 0 Å². The van der Waals surface area contributed by atoms with Crippen LogP contribution in [0.15, 0.2) is 121 Å². The van der Waals surface area contributed by atoms with Crippen LogP contribution in [0.1, 0.15) is 236 Å². The Balaban J connectivity index is 0.000000853. The van der Waals surface area contributed by atoms with Crippen LogP contribution < -0.4 is 26.6 Å². The van der Waals surface area contributed by atoms with Gasteiger partial charge < -0.3 is 94.8 Å². The van der Waals surface area contributed by atoms with Crippen LogP contribution in [-0.2, 0) is 123 Å².